The number of carbonyl (C=O) groups is 1. The normalized spacial score (nSPS) is 18.9. The molecule has 19 heavy (non-hydrogen) atoms. The molecule has 1 unspecified atom stereocenters. The molecule has 7 nitrogen and oxygen atoms in total. The maximum absolute atomic E-state index is 11.9. The summed E-state index contributed by atoms with van der Waals surface area (Å²) in [5, 5.41) is 6.14. The molecule has 1 aliphatic rings. The van der Waals surface area contributed by atoms with Gasteiger partial charge in [-0.25, -0.2) is 4.98 Å². The molecule has 8 heteroatoms. The highest BCUT2D eigenvalue weighted by atomic mass is 35.5. The van der Waals surface area contributed by atoms with Gasteiger partial charge in [-0.1, -0.05) is 11.6 Å². The van der Waals surface area contributed by atoms with Crippen molar-refractivity contribution in [2.75, 3.05) is 18.4 Å². The minimum absolute atomic E-state index is 0.0975. The summed E-state index contributed by atoms with van der Waals surface area (Å²) in [5.41, 5.74) is 1.01. The molecular formula is C11H13ClN6O. The topological polar surface area (TPSA) is 95.6 Å². The Morgan fingerprint density at radius 2 is 2.42 bits per heavy atom. The van der Waals surface area contributed by atoms with Gasteiger partial charge in [0.2, 0.25) is 11.9 Å². The van der Waals surface area contributed by atoms with Crippen LogP contribution >= 0.6 is 11.6 Å². The summed E-state index contributed by atoms with van der Waals surface area (Å²) in [6.45, 7) is 1.85. The molecule has 0 saturated carbocycles. The lowest BCUT2D eigenvalue weighted by Gasteiger charge is -2.08. The largest absolute Gasteiger partial charge is 0.341 e. The molecule has 3 heterocycles. The van der Waals surface area contributed by atoms with Crippen LogP contribution in [0.1, 0.15) is 12.8 Å². The highest BCUT2D eigenvalue weighted by Crippen LogP contribution is 2.19. The fourth-order valence-corrected chi connectivity index (χ4v) is 2.40. The van der Waals surface area contributed by atoms with Crippen molar-refractivity contribution in [3.8, 4) is 0 Å². The van der Waals surface area contributed by atoms with E-state index in [4.69, 9.17) is 11.6 Å². The molecular weight excluding hydrogens is 268 g/mol. The first-order valence-corrected chi connectivity index (χ1v) is 6.47. The van der Waals surface area contributed by atoms with Crippen LogP contribution in [0.5, 0.6) is 0 Å². The number of imidazole rings is 1. The van der Waals surface area contributed by atoms with Gasteiger partial charge in [-0.2, -0.15) is 9.97 Å². The predicted octanol–water partition coefficient (Wildman–Crippen LogP) is 0.944. The Morgan fingerprint density at radius 3 is 3.21 bits per heavy atom. The predicted molar refractivity (Wildman–Crippen MR) is 70.9 cm³/mol. The number of nitrogens with zero attached hydrogens (tertiary/aromatic N) is 3. The Hall–Kier alpha value is -1.73. The second kappa shape index (κ2) is 5.10. The minimum Gasteiger partial charge on any atom is -0.341 e. The highest BCUT2D eigenvalue weighted by Gasteiger charge is 2.19. The van der Waals surface area contributed by atoms with Crippen LogP contribution in [0.15, 0.2) is 6.33 Å². The van der Waals surface area contributed by atoms with Gasteiger partial charge in [0.1, 0.15) is 5.52 Å². The number of rotatable bonds is 3. The quantitative estimate of drug-likeness (QED) is 0.728. The van der Waals surface area contributed by atoms with Gasteiger partial charge in [0.15, 0.2) is 10.8 Å². The van der Waals surface area contributed by atoms with Crippen LogP contribution in [-0.2, 0) is 4.79 Å². The second-order valence-electron chi connectivity index (χ2n) is 4.55. The average Bonchev–Trinajstić information content (AvgIpc) is 2.99. The number of carbonyl (C=O) groups excluding carboxylic acids is 1. The third-order valence-electron chi connectivity index (χ3n) is 3.13. The lowest BCUT2D eigenvalue weighted by atomic mass is 10.1. The number of H-pyrrole nitrogens is 1. The second-order valence-corrected chi connectivity index (χ2v) is 4.91. The monoisotopic (exact) mass is 280 g/mol. The number of anilines is 1. The van der Waals surface area contributed by atoms with E-state index in [9.17, 15) is 4.79 Å². The van der Waals surface area contributed by atoms with Gasteiger partial charge in [0, 0.05) is 6.42 Å². The van der Waals surface area contributed by atoms with Gasteiger partial charge < -0.3 is 10.3 Å². The first-order chi connectivity index (χ1) is 9.22. The summed E-state index contributed by atoms with van der Waals surface area (Å²) >= 11 is 5.97. The van der Waals surface area contributed by atoms with Crippen LogP contribution in [-0.4, -0.2) is 38.9 Å². The SMILES string of the molecule is O=C(CC1CCNC1)Nc1nc(Cl)c2[nH]cnc2n1. The molecule has 100 valence electrons. The first kappa shape index (κ1) is 12.3. The van der Waals surface area contributed by atoms with Crippen molar-refractivity contribution in [1.29, 1.82) is 0 Å². The Kier molecular flexibility index (Phi) is 3.31. The van der Waals surface area contributed by atoms with Gasteiger partial charge in [0.05, 0.1) is 6.33 Å². The number of halogens is 1. The molecule has 0 aliphatic carbocycles. The van der Waals surface area contributed by atoms with E-state index in [2.05, 4.69) is 30.6 Å². The molecule has 0 aromatic carbocycles. The van der Waals surface area contributed by atoms with E-state index >= 15 is 0 Å². The zero-order valence-corrected chi connectivity index (χ0v) is 10.9. The van der Waals surface area contributed by atoms with E-state index < -0.39 is 0 Å². The van der Waals surface area contributed by atoms with E-state index in [0.29, 0.717) is 23.5 Å². The van der Waals surface area contributed by atoms with Gasteiger partial charge in [0.25, 0.3) is 0 Å². The summed E-state index contributed by atoms with van der Waals surface area (Å²) < 4.78 is 0. The van der Waals surface area contributed by atoms with E-state index in [1.807, 2.05) is 0 Å². The number of amides is 1. The van der Waals surface area contributed by atoms with Crippen LogP contribution < -0.4 is 10.6 Å². The molecule has 0 radical (unpaired) electrons. The molecule has 1 atom stereocenters. The van der Waals surface area contributed by atoms with E-state index in [1.165, 1.54) is 6.33 Å². The van der Waals surface area contributed by atoms with Gasteiger partial charge in [-0.15, -0.1) is 0 Å². The number of aromatic amines is 1. The Bertz CT molecular complexity index is 606. The Labute approximate surface area is 114 Å². The van der Waals surface area contributed by atoms with Crippen LogP contribution in [0, 0.1) is 5.92 Å². The first-order valence-electron chi connectivity index (χ1n) is 6.09. The summed E-state index contributed by atoms with van der Waals surface area (Å²) in [4.78, 5) is 26.8. The van der Waals surface area contributed by atoms with Crippen molar-refractivity contribution in [3.05, 3.63) is 11.5 Å². The number of aromatic nitrogens is 4. The third kappa shape index (κ3) is 2.66. The van der Waals surface area contributed by atoms with Crippen molar-refractivity contribution >= 4 is 34.6 Å². The van der Waals surface area contributed by atoms with Gasteiger partial charge in [-0.3, -0.25) is 10.1 Å². The molecule has 3 rings (SSSR count). The van der Waals surface area contributed by atoms with Crippen molar-refractivity contribution in [3.63, 3.8) is 0 Å². The molecule has 1 aliphatic heterocycles. The number of fused-ring (bicyclic) bond motifs is 1. The molecule has 1 saturated heterocycles. The van der Waals surface area contributed by atoms with Crippen LogP contribution in [0.2, 0.25) is 5.15 Å². The number of hydrogen-bond acceptors (Lipinski definition) is 5. The van der Waals surface area contributed by atoms with E-state index in [0.717, 1.165) is 19.5 Å². The maximum atomic E-state index is 11.9. The van der Waals surface area contributed by atoms with Gasteiger partial charge >= 0.3 is 0 Å². The van der Waals surface area contributed by atoms with Crippen LogP contribution in [0.3, 0.4) is 0 Å². The summed E-state index contributed by atoms with van der Waals surface area (Å²) in [7, 11) is 0. The summed E-state index contributed by atoms with van der Waals surface area (Å²) in [5.74, 6) is 0.477. The molecule has 0 spiro atoms. The van der Waals surface area contributed by atoms with Gasteiger partial charge in [-0.05, 0) is 25.4 Å². The van der Waals surface area contributed by atoms with Crippen molar-refractivity contribution in [2.24, 2.45) is 5.92 Å². The van der Waals surface area contributed by atoms with Crippen LogP contribution in [0.4, 0.5) is 5.95 Å². The smallest absolute Gasteiger partial charge is 0.233 e. The van der Waals surface area contributed by atoms with Crippen LogP contribution in [0.25, 0.3) is 11.2 Å². The third-order valence-corrected chi connectivity index (χ3v) is 3.40. The Morgan fingerprint density at radius 1 is 1.53 bits per heavy atom. The van der Waals surface area contributed by atoms with E-state index in [1.54, 1.807) is 0 Å². The average molecular weight is 281 g/mol. The molecule has 0 bridgehead atoms. The minimum atomic E-state index is -0.0975. The Balaban J connectivity index is 1.71. The van der Waals surface area contributed by atoms with Crippen molar-refractivity contribution in [2.45, 2.75) is 12.8 Å². The lowest BCUT2D eigenvalue weighted by Crippen LogP contribution is -2.19. The van der Waals surface area contributed by atoms with Crippen molar-refractivity contribution < 1.29 is 4.79 Å². The lowest BCUT2D eigenvalue weighted by molar-refractivity contribution is -0.117. The summed E-state index contributed by atoms with van der Waals surface area (Å²) in [6.07, 6.45) is 2.97. The van der Waals surface area contributed by atoms with Crippen molar-refractivity contribution in [1.82, 2.24) is 25.3 Å². The highest BCUT2D eigenvalue weighted by molar-refractivity contribution is 6.33. The number of hydrogen-bond donors (Lipinski definition) is 3. The molecule has 3 N–H and O–H groups in total. The fraction of sp³-hybridized carbons (Fsp3) is 0.455. The molecule has 2 aromatic rings. The zero-order valence-electron chi connectivity index (χ0n) is 10.1. The fourth-order valence-electron chi connectivity index (χ4n) is 2.18. The molecule has 1 amide bonds. The maximum Gasteiger partial charge on any atom is 0.233 e. The summed E-state index contributed by atoms with van der Waals surface area (Å²) in [6, 6.07) is 0. The molecule has 1 fully saturated rings. The standard InChI is InChI=1S/C11H13ClN6O/c12-9-8-10(15-5-14-8)18-11(17-9)16-7(19)3-6-1-2-13-4-6/h5-6,13H,1-4H2,(H2,14,15,16,17,18,19). The van der Waals surface area contributed by atoms with E-state index in [-0.39, 0.29) is 17.0 Å². The number of nitrogens with one attached hydrogen (secondary N) is 3. The zero-order chi connectivity index (χ0) is 13.2. The molecule has 2 aromatic heterocycles.